The van der Waals surface area contributed by atoms with Gasteiger partial charge >= 0.3 is 5.97 Å². The van der Waals surface area contributed by atoms with E-state index in [1.54, 1.807) is 19.1 Å². The van der Waals surface area contributed by atoms with Crippen LogP contribution >= 0.6 is 22.6 Å². The molecular weight excluding hydrogens is 353 g/mol. The quantitative estimate of drug-likeness (QED) is 0.793. The lowest BCUT2D eigenvalue weighted by Crippen LogP contribution is -2.00. The molecule has 0 amide bonds. The van der Waals surface area contributed by atoms with Gasteiger partial charge in [-0.1, -0.05) is 6.07 Å². The number of carbonyl (C=O) groups is 1. The van der Waals surface area contributed by atoms with E-state index in [1.165, 1.54) is 9.13 Å². The number of halogens is 1. The maximum Gasteiger partial charge on any atom is 0.335 e. The molecule has 0 aliphatic heterocycles. The van der Waals surface area contributed by atoms with Gasteiger partial charge in [0, 0.05) is 14.9 Å². The molecule has 0 unspecified atom stereocenters. The van der Waals surface area contributed by atoms with Gasteiger partial charge in [-0.25, -0.2) is 4.79 Å². The third-order valence-electron chi connectivity index (χ3n) is 2.92. The van der Waals surface area contributed by atoms with Crippen LogP contribution in [0.1, 0.15) is 21.5 Å². The van der Waals surface area contributed by atoms with Gasteiger partial charge in [0.1, 0.15) is 0 Å². The number of rotatable bonds is 3. The minimum atomic E-state index is -0.895. The molecule has 0 saturated carbocycles. The number of carboxylic acid groups (broad SMARTS) is 1. The fraction of sp³-hybridized carbons (Fsp3) is 0.133. The van der Waals surface area contributed by atoms with Crippen molar-refractivity contribution >= 4 is 39.9 Å². The van der Waals surface area contributed by atoms with Crippen molar-refractivity contribution in [3.8, 4) is 0 Å². The molecule has 19 heavy (non-hydrogen) atoms. The first kappa shape index (κ1) is 13.9. The minimum Gasteiger partial charge on any atom is -0.478 e. The predicted molar refractivity (Wildman–Crippen MR) is 85.3 cm³/mol. The van der Waals surface area contributed by atoms with Crippen LogP contribution in [0, 0.1) is 17.4 Å². The van der Waals surface area contributed by atoms with Crippen LogP contribution in [0.15, 0.2) is 36.4 Å². The van der Waals surface area contributed by atoms with Gasteiger partial charge in [0.05, 0.1) is 5.56 Å². The Kier molecular flexibility index (Phi) is 4.09. The lowest BCUT2D eigenvalue weighted by Gasteiger charge is -2.10. The van der Waals surface area contributed by atoms with E-state index >= 15 is 0 Å². The summed E-state index contributed by atoms with van der Waals surface area (Å²) >= 11 is 2.30. The van der Waals surface area contributed by atoms with Crippen LogP contribution in [0.2, 0.25) is 0 Å². The number of aromatic carboxylic acids is 1. The van der Waals surface area contributed by atoms with E-state index in [9.17, 15) is 4.79 Å². The van der Waals surface area contributed by atoms with Gasteiger partial charge < -0.3 is 10.4 Å². The molecule has 0 spiro atoms. The predicted octanol–water partition coefficient (Wildman–Crippen LogP) is 4.35. The van der Waals surface area contributed by atoms with Crippen molar-refractivity contribution in [2.75, 3.05) is 5.32 Å². The average Bonchev–Trinajstić information content (AvgIpc) is 2.33. The zero-order chi connectivity index (χ0) is 14.0. The molecule has 2 rings (SSSR count). The Balaban J connectivity index is 2.26. The molecule has 2 aromatic carbocycles. The maximum absolute atomic E-state index is 11.0. The van der Waals surface area contributed by atoms with E-state index < -0.39 is 5.97 Å². The Morgan fingerprint density at radius 1 is 1.05 bits per heavy atom. The molecule has 4 heteroatoms. The van der Waals surface area contributed by atoms with E-state index in [0.29, 0.717) is 5.56 Å². The molecule has 0 atom stereocenters. The molecule has 2 aromatic rings. The summed E-state index contributed by atoms with van der Waals surface area (Å²) in [7, 11) is 0. The lowest BCUT2D eigenvalue weighted by molar-refractivity contribution is 0.0696. The fourth-order valence-electron chi connectivity index (χ4n) is 1.82. The van der Waals surface area contributed by atoms with E-state index in [1.807, 2.05) is 12.1 Å². The van der Waals surface area contributed by atoms with Gasteiger partial charge in [0.25, 0.3) is 0 Å². The minimum absolute atomic E-state index is 0.337. The first-order valence-corrected chi connectivity index (χ1v) is 6.92. The second-order valence-corrected chi connectivity index (χ2v) is 5.59. The Morgan fingerprint density at radius 3 is 2.26 bits per heavy atom. The number of nitrogens with one attached hydrogen (secondary N) is 1. The summed E-state index contributed by atoms with van der Waals surface area (Å²) in [5, 5.41) is 12.3. The standard InChI is InChI=1S/C15H14INO2/c1-9-3-4-12(8-14(9)16)17-11-5-6-13(15(18)19)10(2)7-11/h3-8,17H,1-2H3,(H,18,19). The zero-order valence-corrected chi connectivity index (χ0v) is 12.9. The van der Waals surface area contributed by atoms with Crippen LogP contribution in [0.4, 0.5) is 11.4 Å². The third-order valence-corrected chi connectivity index (χ3v) is 4.08. The van der Waals surface area contributed by atoms with Gasteiger partial charge in [-0.3, -0.25) is 0 Å². The highest BCUT2D eigenvalue weighted by atomic mass is 127. The van der Waals surface area contributed by atoms with Crippen LogP contribution in [0.5, 0.6) is 0 Å². The van der Waals surface area contributed by atoms with Crippen molar-refractivity contribution in [1.82, 2.24) is 0 Å². The van der Waals surface area contributed by atoms with Crippen LogP contribution in [-0.4, -0.2) is 11.1 Å². The number of aryl methyl sites for hydroxylation is 2. The molecule has 0 bridgehead atoms. The van der Waals surface area contributed by atoms with Crippen molar-refractivity contribution in [3.05, 3.63) is 56.7 Å². The molecule has 2 N–H and O–H groups in total. The van der Waals surface area contributed by atoms with Crippen molar-refractivity contribution in [2.24, 2.45) is 0 Å². The Bertz CT molecular complexity index is 638. The highest BCUT2D eigenvalue weighted by Gasteiger charge is 2.07. The van der Waals surface area contributed by atoms with E-state index in [4.69, 9.17) is 5.11 Å². The summed E-state index contributed by atoms with van der Waals surface area (Å²) in [5.41, 5.74) is 4.21. The number of hydrogen-bond acceptors (Lipinski definition) is 2. The van der Waals surface area contributed by atoms with Gasteiger partial charge in [-0.15, -0.1) is 0 Å². The van der Waals surface area contributed by atoms with Crippen LogP contribution in [-0.2, 0) is 0 Å². The van der Waals surface area contributed by atoms with E-state index in [2.05, 4.69) is 47.0 Å². The van der Waals surface area contributed by atoms with Crippen molar-refractivity contribution < 1.29 is 9.90 Å². The maximum atomic E-state index is 11.0. The summed E-state index contributed by atoms with van der Waals surface area (Å²) < 4.78 is 1.20. The van der Waals surface area contributed by atoms with Gasteiger partial charge in [0.2, 0.25) is 0 Å². The van der Waals surface area contributed by atoms with Crippen molar-refractivity contribution in [2.45, 2.75) is 13.8 Å². The summed E-state index contributed by atoms with van der Waals surface area (Å²) in [4.78, 5) is 11.0. The largest absolute Gasteiger partial charge is 0.478 e. The first-order chi connectivity index (χ1) is 8.97. The van der Waals surface area contributed by atoms with Crippen molar-refractivity contribution in [1.29, 1.82) is 0 Å². The SMILES string of the molecule is Cc1ccc(Nc2ccc(C(=O)O)c(C)c2)cc1I. The smallest absolute Gasteiger partial charge is 0.335 e. The second kappa shape index (κ2) is 5.61. The fourth-order valence-corrected chi connectivity index (χ4v) is 2.33. The van der Waals surface area contributed by atoms with E-state index in [-0.39, 0.29) is 0 Å². The summed E-state index contributed by atoms with van der Waals surface area (Å²) in [6, 6.07) is 11.4. The molecule has 0 fully saturated rings. The van der Waals surface area contributed by atoms with Gasteiger partial charge in [0.15, 0.2) is 0 Å². The normalized spacial score (nSPS) is 10.3. The van der Waals surface area contributed by atoms with Crippen molar-refractivity contribution in [3.63, 3.8) is 0 Å². The summed E-state index contributed by atoms with van der Waals surface area (Å²) in [5.74, 6) is -0.895. The topological polar surface area (TPSA) is 49.3 Å². The van der Waals surface area contributed by atoms with Gasteiger partial charge in [-0.05, 0) is 77.9 Å². The Morgan fingerprint density at radius 2 is 1.68 bits per heavy atom. The highest BCUT2D eigenvalue weighted by molar-refractivity contribution is 14.1. The molecule has 0 aromatic heterocycles. The molecule has 0 aliphatic carbocycles. The van der Waals surface area contributed by atoms with Crippen LogP contribution in [0.3, 0.4) is 0 Å². The van der Waals surface area contributed by atoms with Crippen LogP contribution in [0.25, 0.3) is 0 Å². The van der Waals surface area contributed by atoms with E-state index in [0.717, 1.165) is 16.9 Å². The number of carboxylic acids is 1. The Hall–Kier alpha value is -1.56. The molecule has 98 valence electrons. The average molecular weight is 367 g/mol. The molecule has 0 radical (unpaired) electrons. The molecule has 3 nitrogen and oxygen atoms in total. The first-order valence-electron chi connectivity index (χ1n) is 5.84. The zero-order valence-electron chi connectivity index (χ0n) is 10.7. The molecule has 0 aliphatic rings. The van der Waals surface area contributed by atoms with Crippen LogP contribution < -0.4 is 5.32 Å². The molecular formula is C15H14INO2. The summed E-state index contributed by atoms with van der Waals surface area (Å²) in [6.07, 6.45) is 0. The Labute approximate surface area is 125 Å². The number of benzene rings is 2. The lowest BCUT2D eigenvalue weighted by atomic mass is 10.1. The third kappa shape index (κ3) is 3.26. The monoisotopic (exact) mass is 367 g/mol. The number of hydrogen-bond donors (Lipinski definition) is 2. The molecule has 0 saturated heterocycles. The highest BCUT2D eigenvalue weighted by Crippen LogP contribution is 2.23. The number of anilines is 2. The molecule has 0 heterocycles. The second-order valence-electron chi connectivity index (χ2n) is 4.42. The van der Waals surface area contributed by atoms with Gasteiger partial charge in [-0.2, -0.15) is 0 Å². The summed E-state index contributed by atoms with van der Waals surface area (Å²) in [6.45, 7) is 3.87.